The second-order valence-electron chi connectivity index (χ2n) is 7.37. The Bertz CT molecular complexity index is 589. The van der Waals surface area contributed by atoms with Gasteiger partial charge in [-0.1, -0.05) is 30.2 Å². The van der Waals surface area contributed by atoms with Crippen molar-refractivity contribution in [2.45, 2.75) is 38.0 Å². The van der Waals surface area contributed by atoms with Gasteiger partial charge in [0.2, 0.25) is 0 Å². The second kappa shape index (κ2) is 10.1. The van der Waals surface area contributed by atoms with Crippen LogP contribution in [0.1, 0.15) is 38.2 Å². The van der Waals surface area contributed by atoms with E-state index in [9.17, 15) is 0 Å². The van der Waals surface area contributed by atoms with Crippen LogP contribution in [-0.4, -0.2) is 50.8 Å². The minimum atomic E-state index is 0. The Morgan fingerprint density at radius 3 is 2.65 bits per heavy atom. The van der Waals surface area contributed by atoms with Crippen LogP contribution in [0.2, 0.25) is 5.02 Å². The summed E-state index contributed by atoms with van der Waals surface area (Å²) in [7, 11) is 1.79. The average Bonchev–Trinajstić information content (AvgIpc) is 3.03. The SMILES string of the molecule is CCNC(=NCC1(c2ccc(Cl)cc2)CCC1)N1CCC(COC)C1.I. The van der Waals surface area contributed by atoms with Gasteiger partial charge in [0.1, 0.15) is 0 Å². The molecule has 6 heteroatoms. The number of hydrogen-bond acceptors (Lipinski definition) is 2. The van der Waals surface area contributed by atoms with E-state index in [1.54, 1.807) is 7.11 Å². The molecule has 1 heterocycles. The van der Waals surface area contributed by atoms with Crippen LogP contribution in [-0.2, 0) is 10.2 Å². The molecule has 2 aliphatic rings. The molecule has 1 aliphatic carbocycles. The van der Waals surface area contributed by atoms with E-state index in [2.05, 4.69) is 29.3 Å². The Labute approximate surface area is 179 Å². The number of guanidine groups is 1. The number of likely N-dealkylation sites (tertiary alicyclic amines) is 1. The molecule has 0 aromatic heterocycles. The fraction of sp³-hybridized carbons (Fsp3) is 0.650. The van der Waals surface area contributed by atoms with Crippen LogP contribution in [0.25, 0.3) is 0 Å². The minimum absolute atomic E-state index is 0. The molecule has 1 aliphatic heterocycles. The van der Waals surface area contributed by atoms with Gasteiger partial charge in [-0.3, -0.25) is 4.99 Å². The average molecular weight is 492 g/mol. The Kier molecular flexibility index (Phi) is 8.48. The summed E-state index contributed by atoms with van der Waals surface area (Å²) in [6.45, 7) is 6.82. The van der Waals surface area contributed by atoms with Crippen molar-refractivity contribution in [3.63, 3.8) is 0 Å². The minimum Gasteiger partial charge on any atom is -0.384 e. The highest BCUT2D eigenvalue weighted by atomic mass is 127. The first-order chi connectivity index (χ1) is 12.2. The van der Waals surface area contributed by atoms with Crippen molar-refractivity contribution < 1.29 is 4.74 Å². The van der Waals surface area contributed by atoms with Crippen LogP contribution in [0.4, 0.5) is 0 Å². The summed E-state index contributed by atoms with van der Waals surface area (Å²) in [5.74, 6) is 1.67. The van der Waals surface area contributed by atoms with E-state index in [-0.39, 0.29) is 29.4 Å². The maximum absolute atomic E-state index is 6.06. The molecule has 1 N–H and O–H groups in total. The van der Waals surface area contributed by atoms with Crippen molar-refractivity contribution in [1.82, 2.24) is 10.2 Å². The third-order valence-electron chi connectivity index (χ3n) is 5.62. The number of nitrogens with zero attached hydrogens (tertiary/aromatic N) is 2. The van der Waals surface area contributed by atoms with Crippen molar-refractivity contribution in [2.75, 3.05) is 39.9 Å². The van der Waals surface area contributed by atoms with Crippen molar-refractivity contribution in [1.29, 1.82) is 0 Å². The van der Waals surface area contributed by atoms with Crippen molar-refractivity contribution in [2.24, 2.45) is 10.9 Å². The van der Waals surface area contributed by atoms with Crippen molar-refractivity contribution in [3.05, 3.63) is 34.9 Å². The highest BCUT2D eigenvalue weighted by molar-refractivity contribution is 14.0. The molecule has 0 radical (unpaired) electrons. The number of benzene rings is 1. The van der Waals surface area contributed by atoms with Gasteiger partial charge in [-0.15, -0.1) is 24.0 Å². The predicted molar refractivity (Wildman–Crippen MR) is 120 cm³/mol. The molecule has 146 valence electrons. The summed E-state index contributed by atoms with van der Waals surface area (Å²) in [5, 5.41) is 4.28. The van der Waals surface area contributed by atoms with E-state index < -0.39 is 0 Å². The lowest BCUT2D eigenvalue weighted by molar-refractivity contribution is 0.157. The van der Waals surface area contributed by atoms with Crippen LogP contribution in [0.15, 0.2) is 29.3 Å². The van der Waals surface area contributed by atoms with E-state index in [4.69, 9.17) is 21.3 Å². The lowest BCUT2D eigenvalue weighted by Crippen LogP contribution is -2.43. The molecular weight excluding hydrogens is 461 g/mol. The predicted octanol–water partition coefficient (Wildman–Crippen LogP) is 4.31. The van der Waals surface area contributed by atoms with Gasteiger partial charge in [-0.2, -0.15) is 0 Å². The van der Waals surface area contributed by atoms with E-state index in [0.29, 0.717) is 5.92 Å². The first-order valence-corrected chi connectivity index (χ1v) is 9.83. The van der Waals surface area contributed by atoms with Gasteiger partial charge < -0.3 is 15.0 Å². The molecule has 1 aromatic rings. The van der Waals surface area contributed by atoms with Crippen molar-refractivity contribution >= 4 is 41.5 Å². The lowest BCUT2D eigenvalue weighted by Gasteiger charge is -2.41. The molecule has 0 bridgehead atoms. The number of halogens is 2. The van der Waals surface area contributed by atoms with Gasteiger partial charge in [0.15, 0.2) is 5.96 Å². The Morgan fingerprint density at radius 1 is 1.35 bits per heavy atom. The standard InChI is InChI=1S/C20H30ClN3O.HI/c1-3-22-19(24-12-9-16(13-24)14-25-2)23-15-20(10-4-11-20)17-5-7-18(21)8-6-17;/h5-8,16H,3-4,9-15H2,1-2H3,(H,22,23);1H. The van der Waals surface area contributed by atoms with Gasteiger partial charge in [0.05, 0.1) is 13.2 Å². The topological polar surface area (TPSA) is 36.9 Å². The fourth-order valence-electron chi connectivity index (χ4n) is 3.99. The number of rotatable bonds is 6. The first-order valence-electron chi connectivity index (χ1n) is 9.45. The molecule has 4 nitrogen and oxygen atoms in total. The summed E-state index contributed by atoms with van der Waals surface area (Å²) in [5.41, 5.74) is 1.57. The Balaban J connectivity index is 0.00000243. The largest absolute Gasteiger partial charge is 0.384 e. The smallest absolute Gasteiger partial charge is 0.193 e. The summed E-state index contributed by atoms with van der Waals surface area (Å²) < 4.78 is 5.32. The molecule has 26 heavy (non-hydrogen) atoms. The maximum Gasteiger partial charge on any atom is 0.193 e. The Hall–Kier alpha value is -0.530. The fourth-order valence-corrected chi connectivity index (χ4v) is 4.12. The van der Waals surface area contributed by atoms with Crippen molar-refractivity contribution in [3.8, 4) is 0 Å². The van der Waals surface area contributed by atoms with Gasteiger partial charge in [0, 0.05) is 43.1 Å². The van der Waals surface area contributed by atoms with Gasteiger partial charge in [-0.25, -0.2) is 0 Å². The van der Waals surface area contributed by atoms with E-state index in [0.717, 1.165) is 43.8 Å². The van der Waals surface area contributed by atoms with Crippen LogP contribution in [0.5, 0.6) is 0 Å². The zero-order valence-corrected chi connectivity index (χ0v) is 18.9. The normalized spacial score (nSPS) is 21.9. The highest BCUT2D eigenvalue weighted by Crippen LogP contribution is 2.44. The zero-order chi connectivity index (χ0) is 17.7. The van der Waals surface area contributed by atoms with Gasteiger partial charge >= 0.3 is 0 Å². The van der Waals surface area contributed by atoms with E-state index in [1.807, 2.05) is 12.1 Å². The molecule has 1 aromatic carbocycles. The number of methoxy groups -OCH3 is 1. The monoisotopic (exact) mass is 491 g/mol. The highest BCUT2D eigenvalue weighted by Gasteiger charge is 2.38. The summed E-state index contributed by atoms with van der Waals surface area (Å²) in [6.07, 6.45) is 4.89. The zero-order valence-electron chi connectivity index (χ0n) is 15.8. The first kappa shape index (κ1) is 21.8. The maximum atomic E-state index is 6.06. The molecular formula is C20H31ClIN3O. The molecule has 3 rings (SSSR count). The molecule has 1 saturated carbocycles. The molecule has 2 fully saturated rings. The number of ether oxygens (including phenoxy) is 1. The Morgan fingerprint density at radius 2 is 2.08 bits per heavy atom. The van der Waals surface area contributed by atoms with E-state index >= 15 is 0 Å². The number of hydrogen-bond donors (Lipinski definition) is 1. The number of nitrogens with one attached hydrogen (secondary N) is 1. The third kappa shape index (κ3) is 5.04. The lowest BCUT2D eigenvalue weighted by atomic mass is 9.64. The van der Waals surface area contributed by atoms with Gasteiger partial charge in [-0.05, 0) is 43.9 Å². The molecule has 1 saturated heterocycles. The molecule has 1 atom stereocenters. The summed E-state index contributed by atoms with van der Waals surface area (Å²) >= 11 is 6.06. The quantitative estimate of drug-likeness (QED) is 0.366. The summed E-state index contributed by atoms with van der Waals surface area (Å²) in [4.78, 5) is 7.43. The third-order valence-corrected chi connectivity index (χ3v) is 5.87. The number of aliphatic imine (C=N–C) groups is 1. The molecule has 0 amide bonds. The van der Waals surface area contributed by atoms with Crippen LogP contribution in [0.3, 0.4) is 0 Å². The molecule has 1 unspecified atom stereocenters. The van der Waals surface area contributed by atoms with Crippen LogP contribution >= 0.6 is 35.6 Å². The molecule has 0 spiro atoms. The van der Waals surface area contributed by atoms with Crippen LogP contribution in [0, 0.1) is 5.92 Å². The van der Waals surface area contributed by atoms with Crippen LogP contribution < -0.4 is 5.32 Å². The van der Waals surface area contributed by atoms with E-state index in [1.165, 1.54) is 31.2 Å². The van der Waals surface area contributed by atoms with Gasteiger partial charge in [0.25, 0.3) is 0 Å². The second-order valence-corrected chi connectivity index (χ2v) is 7.80. The summed E-state index contributed by atoms with van der Waals surface area (Å²) in [6, 6.07) is 8.35.